The van der Waals surface area contributed by atoms with Crippen LogP contribution in [0, 0.1) is 0 Å². The van der Waals surface area contributed by atoms with Crippen molar-refractivity contribution in [1.82, 2.24) is 5.32 Å². The Morgan fingerprint density at radius 2 is 1.78 bits per heavy atom. The lowest BCUT2D eigenvalue weighted by Gasteiger charge is -2.17. The molecule has 1 N–H and O–H groups in total. The van der Waals surface area contributed by atoms with Gasteiger partial charge in [-0.25, -0.2) is 0 Å². The first-order valence-corrected chi connectivity index (χ1v) is 8.88. The van der Waals surface area contributed by atoms with Crippen molar-refractivity contribution < 1.29 is 14.3 Å². The second kappa shape index (κ2) is 7.11. The van der Waals surface area contributed by atoms with Crippen LogP contribution in [0.4, 0.5) is 5.69 Å². The molecule has 3 aromatic rings. The average molecular weight is 360 g/mol. The van der Waals surface area contributed by atoms with Crippen molar-refractivity contribution in [2.45, 2.75) is 12.5 Å². The minimum Gasteiger partial charge on any atom is -0.497 e. The van der Waals surface area contributed by atoms with Gasteiger partial charge >= 0.3 is 0 Å². The Kier molecular flexibility index (Phi) is 4.50. The van der Waals surface area contributed by atoms with Crippen molar-refractivity contribution >= 4 is 28.3 Å². The van der Waals surface area contributed by atoms with E-state index in [2.05, 4.69) is 5.32 Å². The fraction of sp³-hybridized carbons (Fsp3) is 0.182. The monoisotopic (exact) mass is 360 g/mol. The lowest BCUT2D eigenvalue weighted by Crippen LogP contribution is -2.37. The standard InChI is InChI=1S/C22H20N2O3/c1-27-20-10-8-19(9-11-20)24-14-18(13-21(24)25)23-22(26)17-7-6-15-4-2-3-5-16(15)12-17/h2-12,18H,13-14H2,1H3,(H,23,26)/t18-/m0/s1. The molecular weight excluding hydrogens is 340 g/mol. The summed E-state index contributed by atoms with van der Waals surface area (Å²) >= 11 is 0. The Morgan fingerprint density at radius 3 is 2.52 bits per heavy atom. The summed E-state index contributed by atoms with van der Waals surface area (Å²) in [6, 6.07) is 20.7. The number of hydrogen-bond acceptors (Lipinski definition) is 3. The summed E-state index contributed by atoms with van der Waals surface area (Å²) in [5.74, 6) is 0.589. The minimum atomic E-state index is -0.210. The number of rotatable bonds is 4. The number of anilines is 1. The lowest BCUT2D eigenvalue weighted by atomic mass is 10.1. The number of nitrogens with zero attached hydrogens (tertiary/aromatic N) is 1. The van der Waals surface area contributed by atoms with Gasteiger partial charge < -0.3 is 15.0 Å². The van der Waals surface area contributed by atoms with Gasteiger partial charge in [-0.05, 0) is 47.2 Å². The second-order valence-corrected chi connectivity index (χ2v) is 6.64. The second-order valence-electron chi connectivity index (χ2n) is 6.64. The molecule has 0 unspecified atom stereocenters. The van der Waals surface area contributed by atoms with E-state index >= 15 is 0 Å². The highest BCUT2D eigenvalue weighted by molar-refractivity contribution is 6.00. The van der Waals surface area contributed by atoms with E-state index < -0.39 is 0 Å². The molecule has 0 aromatic heterocycles. The molecule has 0 bridgehead atoms. The molecule has 2 amide bonds. The largest absolute Gasteiger partial charge is 0.497 e. The smallest absolute Gasteiger partial charge is 0.251 e. The summed E-state index contributed by atoms with van der Waals surface area (Å²) in [4.78, 5) is 26.7. The minimum absolute atomic E-state index is 0.00368. The topological polar surface area (TPSA) is 58.6 Å². The van der Waals surface area contributed by atoms with E-state index in [0.29, 0.717) is 18.5 Å². The predicted octanol–water partition coefficient (Wildman–Crippen LogP) is 3.38. The first-order valence-electron chi connectivity index (χ1n) is 8.88. The first kappa shape index (κ1) is 17.1. The average Bonchev–Trinajstić information content (AvgIpc) is 3.07. The Balaban J connectivity index is 1.46. The zero-order chi connectivity index (χ0) is 18.8. The maximum absolute atomic E-state index is 12.6. The van der Waals surface area contributed by atoms with E-state index in [1.54, 1.807) is 12.0 Å². The van der Waals surface area contributed by atoms with E-state index in [4.69, 9.17) is 4.74 Å². The van der Waals surface area contributed by atoms with Crippen LogP contribution in [-0.2, 0) is 4.79 Å². The van der Waals surface area contributed by atoms with Gasteiger partial charge in [0.2, 0.25) is 5.91 Å². The third-order valence-corrected chi connectivity index (χ3v) is 4.86. The van der Waals surface area contributed by atoms with E-state index in [9.17, 15) is 9.59 Å². The molecule has 5 heteroatoms. The van der Waals surface area contributed by atoms with Gasteiger partial charge in [0.05, 0.1) is 13.2 Å². The van der Waals surface area contributed by atoms with Crippen LogP contribution >= 0.6 is 0 Å². The summed E-state index contributed by atoms with van der Waals surface area (Å²) in [6.07, 6.45) is 0.297. The van der Waals surface area contributed by atoms with Gasteiger partial charge in [0.15, 0.2) is 0 Å². The van der Waals surface area contributed by atoms with E-state index in [-0.39, 0.29) is 17.9 Å². The van der Waals surface area contributed by atoms with Crippen LogP contribution < -0.4 is 15.0 Å². The number of nitrogens with one attached hydrogen (secondary N) is 1. The van der Waals surface area contributed by atoms with Gasteiger partial charge in [0, 0.05) is 24.2 Å². The SMILES string of the molecule is COc1ccc(N2C[C@@H](NC(=O)c3ccc4ccccc4c3)CC2=O)cc1. The van der Waals surface area contributed by atoms with Gasteiger partial charge in [-0.2, -0.15) is 0 Å². The number of carbonyl (C=O) groups is 2. The summed E-state index contributed by atoms with van der Waals surface area (Å²) in [5, 5.41) is 5.10. The number of fused-ring (bicyclic) bond motifs is 1. The maximum Gasteiger partial charge on any atom is 0.251 e. The van der Waals surface area contributed by atoms with Crippen molar-refractivity contribution in [3.63, 3.8) is 0 Å². The first-order chi connectivity index (χ1) is 13.1. The van der Waals surface area contributed by atoms with Gasteiger partial charge in [-0.1, -0.05) is 30.3 Å². The Bertz CT molecular complexity index is 998. The zero-order valence-electron chi connectivity index (χ0n) is 15.0. The van der Waals surface area contributed by atoms with Crippen molar-refractivity contribution in [1.29, 1.82) is 0 Å². The van der Waals surface area contributed by atoms with Gasteiger partial charge in [0.1, 0.15) is 5.75 Å². The molecule has 1 saturated heterocycles. The third-order valence-electron chi connectivity index (χ3n) is 4.86. The molecule has 4 rings (SSSR count). The van der Waals surface area contributed by atoms with Crippen LogP contribution in [0.3, 0.4) is 0 Å². The summed E-state index contributed by atoms with van der Waals surface area (Å²) in [6.45, 7) is 0.463. The van der Waals surface area contributed by atoms with Crippen LogP contribution in [0.5, 0.6) is 5.75 Å². The number of ether oxygens (including phenoxy) is 1. The van der Waals surface area contributed by atoms with Crippen LogP contribution in [-0.4, -0.2) is 31.5 Å². The molecule has 1 aliphatic rings. The molecule has 0 spiro atoms. The molecule has 0 radical (unpaired) electrons. The molecule has 0 aliphatic carbocycles. The van der Waals surface area contributed by atoms with Crippen LogP contribution in [0.15, 0.2) is 66.7 Å². The fourth-order valence-electron chi connectivity index (χ4n) is 3.42. The molecule has 1 atom stereocenters. The third kappa shape index (κ3) is 3.49. The number of carbonyl (C=O) groups excluding carboxylic acids is 2. The predicted molar refractivity (Wildman–Crippen MR) is 105 cm³/mol. The molecule has 1 heterocycles. The Hall–Kier alpha value is -3.34. The number of methoxy groups -OCH3 is 1. The van der Waals surface area contributed by atoms with Crippen LogP contribution in [0.2, 0.25) is 0 Å². The van der Waals surface area contributed by atoms with Crippen LogP contribution in [0.25, 0.3) is 10.8 Å². The molecular formula is C22H20N2O3. The molecule has 27 heavy (non-hydrogen) atoms. The highest BCUT2D eigenvalue weighted by atomic mass is 16.5. The quantitative estimate of drug-likeness (QED) is 0.776. The summed E-state index contributed by atoms with van der Waals surface area (Å²) in [5.41, 5.74) is 1.41. The van der Waals surface area contributed by atoms with Crippen LogP contribution in [0.1, 0.15) is 16.8 Å². The lowest BCUT2D eigenvalue weighted by molar-refractivity contribution is -0.117. The van der Waals surface area contributed by atoms with Gasteiger partial charge in [0.25, 0.3) is 5.91 Å². The highest BCUT2D eigenvalue weighted by Crippen LogP contribution is 2.24. The molecule has 5 nitrogen and oxygen atoms in total. The number of benzene rings is 3. The molecule has 0 saturated carbocycles. The fourth-order valence-corrected chi connectivity index (χ4v) is 3.42. The van der Waals surface area contributed by atoms with E-state index in [1.807, 2.05) is 66.7 Å². The summed E-state index contributed by atoms with van der Waals surface area (Å²) in [7, 11) is 1.61. The van der Waals surface area contributed by atoms with Crippen molar-refractivity contribution in [3.8, 4) is 5.75 Å². The Labute approximate surface area is 157 Å². The maximum atomic E-state index is 12.6. The van der Waals surface area contributed by atoms with Crippen molar-refractivity contribution in [2.75, 3.05) is 18.6 Å². The Morgan fingerprint density at radius 1 is 1.04 bits per heavy atom. The summed E-state index contributed by atoms with van der Waals surface area (Å²) < 4.78 is 5.15. The zero-order valence-corrected chi connectivity index (χ0v) is 15.0. The van der Waals surface area contributed by atoms with Gasteiger partial charge in [-0.15, -0.1) is 0 Å². The molecule has 3 aromatic carbocycles. The molecule has 136 valence electrons. The molecule has 1 fully saturated rings. The van der Waals surface area contributed by atoms with Gasteiger partial charge in [-0.3, -0.25) is 9.59 Å². The van der Waals surface area contributed by atoms with E-state index in [0.717, 1.165) is 22.2 Å². The molecule has 1 aliphatic heterocycles. The van der Waals surface area contributed by atoms with Crippen molar-refractivity contribution in [3.05, 3.63) is 72.3 Å². The number of hydrogen-bond donors (Lipinski definition) is 1. The normalized spacial score (nSPS) is 16.6. The highest BCUT2D eigenvalue weighted by Gasteiger charge is 2.31. The van der Waals surface area contributed by atoms with Crippen molar-refractivity contribution in [2.24, 2.45) is 0 Å². The van der Waals surface area contributed by atoms with E-state index in [1.165, 1.54) is 0 Å². The number of amides is 2.